The molecular formula is C11H16N4O5S. The van der Waals surface area contributed by atoms with Crippen molar-refractivity contribution in [2.45, 2.75) is 24.8 Å². The van der Waals surface area contributed by atoms with Gasteiger partial charge < -0.3 is 11.5 Å². The summed E-state index contributed by atoms with van der Waals surface area (Å²) in [6, 6.07) is 1.97. The number of hydrogen-bond donors (Lipinski definition) is 3. The van der Waals surface area contributed by atoms with E-state index in [-0.39, 0.29) is 5.69 Å². The molecule has 0 aliphatic heterocycles. The lowest BCUT2D eigenvalue weighted by Crippen LogP contribution is -2.47. The first-order chi connectivity index (χ1) is 9.56. The molecule has 9 nitrogen and oxygen atoms in total. The van der Waals surface area contributed by atoms with Crippen molar-refractivity contribution < 1.29 is 18.1 Å². The fraction of sp³-hybridized carbons (Fsp3) is 0.364. The first-order valence-electron chi connectivity index (χ1n) is 5.92. The van der Waals surface area contributed by atoms with E-state index in [1.165, 1.54) is 6.07 Å². The van der Waals surface area contributed by atoms with Gasteiger partial charge in [0.15, 0.2) is 4.90 Å². The molecule has 21 heavy (non-hydrogen) atoms. The molecule has 0 fully saturated rings. The number of nitrogens with two attached hydrogens (primary N) is 2. The van der Waals surface area contributed by atoms with Gasteiger partial charge >= 0.3 is 0 Å². The minimum Gasteiger partial charge on any atom is -0.399 e. The minimum atomic E-state index is -4.32. The van der Waals surface area contributed by atoms with Crippen LogP contribution in [0.15, 0.2) is 23.1 Å². The lowest BCUT2D eigenvalue weighted by atomic mass is 10.1. The van der Waals surface area contributed by atoms with Gasteiger partial charge in [-0.1, -0.05) is 13.8 Å². The first-order valence-corrected chi connectivity index (χ1v) is 7.40. The molecular weight excluding hydrogens is 300 g/mol. The maximum Gasteiger partial charge on any atom is 0.289 e. The van der Waals surface area contributed by atoms with E-state index in [1.807, 2.05) is 0 Å². The molecule has 0 spiro atoms. The molecule has 1 aromatic rings. The molecule has 0 saturated carbocycles. The van der Waals surface area contributed by atoms with Gasteiger partial charge in [-0.2, -0.15) is 4.72 Å². The number of nitrogens with zero attached hydrogens (tertiary/aromatic N) is 1. The SMILES string of the molecule is CC(C)C(NS(=O)(=O)c1cc(N)ccc1[N+](=O)[O-])C(N)=O. The number of amides is 1. The molecule has 1 atom stereocenters. The lowest BCUT2D eigenvalue weighted by molar-refractivity contribution is -0.387. The quantitative estimate of drug-likeness (QED) is 0.379. The van der Waals surface area contributed by atoms with E-state index in [9.17, 15) is 23.3 Å². The topological polar surface area (TPSA) is 158 Å². The number of primary amides is 1. The van der Waals surface area contributed by atoms with Crippen molar-refractivity contribution in [3.8, 4) is 0 Å². The van der Waals surface area contributed by atoms with Crippen molar-refractivity contribution in [3.05, 3.63) is 28.3 Å². The molecule has 0 radical (unpaired) electrons. The number of benzene rings is 1. The highest BCUT2D eigenvalue weighted by Crippen LogP contribution is 2.26. The van der Waals surface area contributed by atoms with Gasteiger partial charge in [-0.3, -0.25) is 14.9 Å². The second-order valence-electron chi connectivity index (χ2n) is 4.73. The zero-order valence-electron chi connectivity index (χ0n) is 11.4. The van der Waals surface area contributed by atoms with Crippen molar-refractivity contribution in [1.29, 1.82) is 0 Å². The third kappa shape index (κ3) is 3.89. The van der Waals surface area contributed by atoms with Crippen LogP contribution in [-0.4, -0.2) is 25.3 Å². The number of hydrogen-bond acceptors (Lipinski definition) is 6. The Morgan fingerprint density at radius 2 is 1.95 bits per heavy atom. The van der Waals surface area contributed by atoms with Gasteiger partial charge in [0.2, 0.25) is 15.9 Å². The summed E-state index contributed by atoms with van der Waals surface area (Å²) in [5.74, 6) is -1.29. The lowest BCUT2D eigenvalue weighted by Gasteiger charge is -2.19. The van der Waals surface area contributed by atoms with Gasteiger partial charge in [0, 0.05) is 11.8 Å². The largest absolute Gasteiger partial charge is 0.399 e. The van der Waals surface area contributed by atoms with Gasteiger partial charge in [0.1, 0.15) is 6.04 Å². The van der Waals surface area contributed by atoms with Crippen LogP contribution in [0.4, 0.5) is 11.4 Å². The molecule has 1 unspecified atom stereocenters. The van der Waals surface area contributed by atoms with Gasteiger partial charge in [-0.15, -0.1) is 0 Å². The van der Waals surface area contributed by atoms with Crippen LogP contribution < -0.4 is 16.2 Å². The first kappa shape index (κ1) is 16.9. The van der Waals surface area contributed by atoms with Crippen molar-refractivity contribution in [3.63, 3.8) is 0 Å². The molecule has 116 valence electrons. The van der Waals surface area contributed by atoms with Gasteiger partial charge in [-0.05, 0) is 18.1 Å². The Morgan fingerprint density at radius 3 is 2.38 bits per heavy atom. The normalized spacial score (nSPS) is 13.1. The van der Waals surface area contributed by atoms with Gasteiger partial charge in [0.25, 0.3) is 5.69 Å². The van der Waals surface area contributed by atoms with E-state index >= 15 is 0 Å². The predicted molar refractivity (Wildman–Crippen MR) is 75.7 cm³/mol. The average Bonchev–Trinajstić information content (AvgIpc) is 2.34. The highest BCUT2D eigenvalue weighted by molar-refractivity contribution is 7.89. The number of nitrogens with one attached hydrogen (secondary N) is 1. The number of nitro benzene ring substituents is 1. The minimum absolute atomic E-state index is 0.0427. The summed E-state index contributed by atoms with van der Waals surface area (Å²) in [4.78, 5) is 20.7. The summed E-state index contributed by atoms with van der Waals surface area (Å²) in [7, 11) is -4.32. The van der Waals surface area contributed by atoms with Crippen LogP contribution in [0.25, 0.3) is 0 Å². The van der Waals surface area contributed by atoms with E-state index in [0.717, 1.165) is 12.1 Å². The number of nitro groups is 1. The second-order valence-corrected chi connectivity index (χ2v) is 6.41. The fourth-order valence-electron chi connectivity index (χ4n) is 1.65. The molecule has 0 saturated heterocycles. The monoisotopic (exact) mass is 316 g/mol. The Kier molecular flexibility index (Phi) is 4.86. The van der Waals surface area contributed by atoms with E-state index in [2.05, 4.69) is 4.72 Å². The van der Waals surface area contributed by atoms with Gasteiger partial charge in [0.05, 0.1) is 4.92 Å². The van der Waals surface area contributed by atoms with Crippen LogP contribution >= 0.6 is 0 Å². The molecule has 1 rings (SSSR count). The third-order valence-electron chi connectivity index (χ3n) is 2.73. The van der Waals surface area contributed by atoms with Crippen LogP contribution in [-0.2, 0) is 14.8 Å². The van der Waals surface area contributed by atoms with Gasteiger partial charge in [-0.25, -0.2) is 8.42 Å². The van der Waals surface area contributed by atoms with Crippen LogP contribution in [0, 0.1) is 16.0 Å². The summed E-state index contributed by atoms with van der Waals surface area (Å²) in [6.07, 6.45) is 0. The predicted octanol–water partition coefficient (Wildman–Crippen LogP) is -0.0348. The van der Waals surface area contributed by atoms with E-state index in [4.69, 9.17) is 11.5 Å². The molecule has 0 aromatic heterocycles. The van der Waals surface area contributed by atoms with Crippen molar-refractivity contribution in [2.24, 2.45) is 11.7 Å². The number of carbonyl (C=O) groups excluding carboxylic acids is 1. The third-order valence-corrected chi connectivity index (χ3v) is 4.20. The second kappa shape index (κ2) is 6.06. The molecule has 0 bridgehead atoms. The zero-order chi connectivity index (χ0) is 16.4. The Hall–Kier alpha value is -2.20. The Balaban J connectivity index is 3.34. The molecule has 0 heterocycles. The zero-order valence-corrected chi connectivity index (χ0v) is 12.3. The number of sulfonamides is 1. The maximum atomic E-state index is 12.3. The molecule has 1 amide bonds. The van der Waals surface area contributed by atoms with Crippen LogP contribution in [0.2, 0.25) is 0 Å². The van der Waals surface area contributed by atoms with E-state index < -0.39 is 43.4 Å². The molecule has 0 aliphatic rings. The Labute approximate surface area is 121 Å². The van der Waals surface area contributed by atoms with Crippen LogP contribution in [0.1, 0.15) is 13.8 Å². The molecule has 5 N–H and O–H groups in total. The summed E-state index contributed by atoms with van der Waals surface area (Å²) in [6.45, 7) is 3.18. The fourth-order valence-corrected chi connectivity index (χ4v) is 3.21. The number of anilines is 1. The molecule has 0 aliphatic carbocycles. The smallest absolute Gasteiger partial charge is 0.289 e. The van der Waals surface area contributed by atoms with Crippen molar-refractivity contribution in [1.82, 2.24) is 4.72 Å². The van der Waals surface area contributed by atoms with Crippen LogP contribution in [0.5, 0.6) is 0 Å². The molecule has 10 heteroatoms. The number of rotatable bonds is 6. The summed E-state index contributed by atoms with van der Waals surface area (Å²) >= 11 is 0. The number of nitrogen functional groups attached to an aromatic ring is 1. The summed E-state index contributed by atoms with van der Waals surface area (Å²) < 4.78 is 26.6. The number of carbonyl (C=O) groups is 1. The van der Waals surface area contributed by atoms with E-state index in [1.54, 1.807) is 13.8 Å². The highest BCUT2D eigenvalue weighted by Gasteiger charge is 2.31. The Bertz CT molecular complexity index is 671. The summed E-state index contributed by atoms with van der Waals surface area (Å²) in [5.41, 5.74) is 10.0. The standard InChI is InChI=1S/C11H16N4O5S/c1-6(2)10(11(13)16)14-21(19,20)9-5-7(12)3-4-8(9)15(17)18/h3-6,10,14H,12H2,1-2H3,(H2,13,16). The van der Waals surface area contributed by atoms with Crippen molar-refractivity contribution >= 4 is 27.3 Å². The van der Waals surface area contributed by atoms with E-state index in [0.29, 0.717) is 0 Å². The maximum absolute atomic E-state index is 12.3. The van der Waals surface area contributed by atoms with Crippen LogP contribution in [0.3, 0.4) is 0 Å². The average molecular weight is 316 g/mol. The van der Waals surface area contributed by atoms with Crippen molar-refractivity contribution in [2.75, 3.05) is 5.73 Å². The highest BCUT2D eigenvalue weighted by atomic mass is 32.2. The Morgan fingerprint density at radius 1 is 1.38 bits per heavy atom. The summed E-state index contributed by atoms with van der Waals surface area (Å²) in [5, 5.41) is 10.9. The molecule has 1 aromatic carbocycles.